The second kappa shape index (κ2) is 11.5. The highest BCUT2D eigenvalue weighted by Gasteiger charge is 2.21. The van der Waals surface area contributed by atoms with Crippen LogP contribution >= 0.6 is 0 Å². The van der Waals surface area contributed by atoms with Crippen LogP contribution in [0.1, 0.15) is 38.4 Å². The lowest BCUT2D eigenvalue weighted by molar-refractivity contribution is 0.306. The molecule has 0 fully saturated rings. The molecule has 37 heavy (non-hydrogen) atoms. The fourth-order valence-corrected chi connectivity index (χ4v) is 4.36. The van der Waals surface area contributed by atoms with Crippen LogP contribution in [0, 0.1) is 6.92 Å². The van der Waals surface area contributed by atoms with Crippen molar-refractivity contribution in [3.05, 3.63) is 71.1 Å². The number of sulfone groups is 1. The van der Waals surface area contributed by atoms with Crippen molar-refractivity contribution in [2.75, 3.05) is 30.6 Å². The standard InChI is InChI=1S/C26H35N7O3S/c1-9-17(2)24(20-15-27-32(5)16-20)25(36-7)26(29-23-13-18(3)30-31-23)28-19(4)33(6)21-11-10-12-22(14-21)37(8,34)35/h10-16H,9H2,1-8H3,(H2,29,30,31)/b24-17+,26-25-,28-19+. The molecule has 10 nitrogen and oxygen atoms in total. The molecular weight excluding hydrogens is 490 g/mol. The molecule has 11 heteroatoms. The molecule has 198 valence electrons. The number of aromatic nitrogens is 4. The number of hydrogen-bond donors (Lipinski definition) is 2. The van der Waals surface area contributed by atoms with E-state index >= 15 is 0 Å². The molecule has 0 aliphatic rings. The van der Waals surface area contributed by atoms with Crippen molar-refractivity contribution in [3.8, 4) is 0 Å². The first kappa shape index (κ1) is 27.7. The van der Waals surface area contributed by atoms with E-state index in [2.05, 4.69) is 34.5 Å². The van der Waals surface area contributed by atoms with Crippen molar-refractivity contribution in [1.29, 1.82) is 0 Å². The highest BCUT2D eigenvalue weighted by Crippen LogP contribution is 2.32. The maximum absolute atomic E-state index is 12.1. The number of amidine groups is 1. The summed E-state index contributed by atoms with van der Waals surface area (Å²) in [7, 11) is 1.96. The van der Waals surface area contributed by atoms with Crippen molar-refractivity contribution in [2.45, 2.75) is 39.0 Å². The number of ether oxygens (including phenoxy) is 1. The number of methoxy groups -OCH3 is 1. The third-order valence-corrected chi connectivity index (χ3v) is 7.05. The Labute approximate surface area is 218 Å². The summed E-state index contributed by atoms with van der Waals surface area (Å²) < 4.78 is 31.9. The zero-order valence-corrected chi connectivity index (χ0v) is 23.4. The fraction of sp³-hybridized carbons (Fsp3) is 0.346. The van der Waals surface area contributed by atoms with Crippen molar-refractivity contribution in [1.82, 2.24) is 20.0 Å². The van der Waals surface area contributed by atoms with Crippen LogP contribution in [-0.2, 0) is 21.6 Å². The lowest BCUT2D eigenvalue weighted by atomic mass is 10.00. The van der Waals surface area contributed by atoms with Gasteiger partial charge in [0.05, 0.1) is 18.2 Å². The Bertz CT molecular complexity index is 1460. The Kier molecular flexibility index (Phi) is 8.59. The number of anilines is 2. The van der Waals surface area contributed by atoms with E-state index in [1.165, 1.54) is 6.26 Å². The van der Waals surface area contributed by atoms with Gasteiger partial charge in [0.1, 0.15) is 5.84 Å². The van der Waals surface area contributed by atoms with E-state index in [0.717, 1.165) is 28.8 Å². The first-order valence-electron chi connectivity index (χ1n) is 11.8. The smallest absolute Gasteiger partial charge is 0.176 e. The van der Waals surface area contributed by atoms with Gasteiger partial charge >= 0.3 is 0 Å². The summed E-state index contributed by atoms with van der Waals surface area (Å²) in [5.41, 5.74) is 4.46. The van der Waals surface area contributed by atoms with Crippen LogP contribution in [0.25, 0.3) is 5.57 Å². The van der Waals surface area contributed by atoms with Gasteiger partial charge in [0.2, 0.25) is 0 Å². The highest BCUT2D eigenvalue weighted by atomic mass is 32.2. The summed E-state index contributed by atoms with van der Waals surface area (Å²) in [5.74, 6) is 2.17. The van der Waals surface area contributed by atoms with Crippen LogP contribution in [0.2, 0.25) is 0 Å². The monoisotopic (exact) mass is 525 g/mol. The van der Waals surface area contributed by atoms with Crippen LogP contribution in [0.3, 0.4) is 0 Å². The molecule has 0 saturated carbocycles. The van der Waals surface area contributed by atoms with Gasteiger partial charge in [-0.15, -0.1) is 0 Å². The van der Waals surface area contributed by atoms with Crippen LogP contribution < -0.4 is 10.2 Å². The van der Waals surface area contributed by atoms with Gasteiger partial charge in [-0.1, -0.05) is 18.6 Å². The Morgan fingerprint density at radius 1 is 1.27 bits per heavy atom. The van der Waals surface area contributed by atoms with Gasteiger partial charge in [-0.05, 0) is 45.4 Å². The number of benzene rings is 1. The molecule has 0 unspecified atom stereocenters. The van der Waals surface area contributed by atoms with Crippen molar-refractivity contribution >= 4 is 32.8 Å². The number of nitrogens with one attached hydrogen (secondary N) is 2. The van der Waals surface area contributed by atoms with Gasteiger partial charge in [0.15, 0.2) is 27.2 Å². The molecule has 0 amide bonds. The molecule has 0 aliphatic carbocycles. The van der Waals surface area contributed by atoms with Gasteiger partial charge in [-0.2, -0.15) is 10.2 Å². The molecule has 2 heterocycles. The molecule has 0 aliphatic heterocycles. The maximum atomic E-state index is 12.1. The number of aliphatic imine (C=N–C) groups is 1. The van der Waals surface area contributed by atoms with Gasteiger partial charge < -0.3 is 15.0 Å². The average Bonchev–Trinajstić information content (AvgIpc) is 3.47. The summed E-state index contributed by atoms with van der Waals surface area (Å²) in [6.45, 7) is 7.90. The van der Waals surface area contributed by atoms with Gasteiger partial charge in [-0.3, -0.25) is 9.78 Å². The predicted molar refractivity (Wildman–Crippen MR) is 148 cm³/mol. The van der Waals surface area contributed by atoms with E-state index in [0.29, 0.717) is 28.9 Å². The van der Waals surface area contributed by atoms with Crippen LogP contribution in [-0.4, -0.2) is 54.6 Å². The van der Waals surface area contributed by atoms with E-state index in [4.69, 9.17) is 9.73 Å². The lowest BCUT2D eigenvalue weighted by Crippen LogP contribution is -2.24. The Hall–Kier alpha value is -3.86. The Morgan fingerprint density at radius 2 is 2.00 bits per heavy atom. The normalized spacial score (nSPS) is 13.7. The number of aryl methyl sites for hydroxylation is 2. The number of hydrogen-bond acceptors (Lipinski definition) is 7. The largest absolute Gasteiger partial charge is 0.492 e. The zero-order valence-electron chi connectivity index (χ0n) is 22.6. The number of nitrogens with zero attached hydrogens (tertiary/aromatic N) is 5. The molecule has 0 bridgehead atoms. The van der Waals surface area contributed by atoms with Crippen LogP contribution in [0.5, 0.6) is 0 Å². The fourth-order valence-electron chi connectivity index (χ4n) is 3.70. The number of allylic oxidation sites excluding steroid dienone is 2. The summed E-state index contributed by atoms with van der Waals surface area (Å²) in [6, 6.07) is 8.62. The Morgan fingerprint density at radius 3 is 2.54 bits per heavy atom. The number of rotatable bonds is 9. The SMILES string of the molecule is CC/C(C)=C(/C(OC)=C(\N=C(/C)N(C)c1cccc(S(C)(=O)=O)c1)Nc1cc(C)[nH]n1)c1cnn(C)c1. The number of aromatic amines is 1. The molecule has 2 N–H and O–H groups in total. The highest BCUT2D eigenvalue weighted by molar-refractivity contribution is 7.90. The van der Waals surface area contributed by atoms with Crippen molar-refractivity contribution in [3.63, 3.8) is 0 Å². The minimum atomic E-state index is -3.35. The summed E-state index contributed by atoms with van der Waals surface area (Å²) in [5, 5.41) is 14.9. The van der Waals surface area contributed by atoms with Crippen molar-refractivity contribution < 1.29 is 13.2 Å². The topological polar surface area (TPSA) is 118 Å². The molecule has 0 atom stereocenters. The number of H-pyrrole nitrogens is 1. The molecule has 0 spiro atoms. The van der Waals surface area contributed by atoms with Crippen LogP contribution in [0.4, 0.5) is 11.5 Å². The third kappa shape index (κ3) is 6.67. The van der Waals surface area contributed by atoms with Gasteiger partial charge in [0, 0.05) is 55.1 Å². The van der Waals surface area contributed by atoms with E-state index in [1.54, 1.807) is 36.2 Å². The van der Waals surface area contributed by atoms with E-state index in [1.807, 2.05) is 51.2 Å². The molecule has 0 radical (unpaired) electrons. The molecule has 1 aromatic carbocycles. The maximum Gasteiger partial charge on any atom is 0.176 e. The average molecular weight is 526 g/mol. The lowest BCUT2D eigenvalue weighted by Gasteiger charge is -2.22. The van der Waals surface area contributed by atoms with Crippen LogP contribution in [0.15, 0.2) is 69.8 Å². The first-order valence-corrected chi connectivity index (χ1v) is 13.7. The second-order valence-electron chi connectivity index (χ2n) is 8.84. The minimum absolute atomic E-state index is 0.239. The first-order chi connectivity index (χ1) is 17.4. The van der Waals surface area contributed by atoms with Gasteiger partial charge in [0.25, 0.3) is 0 Å². The summed E-state index contributed by atoms with van der Waals surface area (Å²) in [6.07, 6.45) is 5.72. The van der Waals surface area contributed by atoms with Crippen molar-refractivity contribution in [2.24, 2.45) is 12.0 Å². The van der Waals surface area contributed by atoms with E-state index in [-0.39, 0.29) is 4.90 Å². The minimum Gasteiger partial charge on any atom is -0.492 e. The Balaban J connectivity index is 2.19. The molecular formula is C26H35N7O3S. The van der Waals surface area contributed by atoms with E-state index < -0.39 is 9.84 Å². The quantitative estimate of drug-likeness (QED) is 0.182. The molecule has 3 aromatic rings. The third-order valence-electron chi connectivity index (χ3n) is 5.94. The van der Waals surface area contributed by atoms with E-state index in [9.17, 15) is 8.42 Å². The second-order valence-corrected chi connectivity index (χ2v) is 10.9. The predicted octanol–water partition coefficient (Wildman–Crippen LogP) is 4.52. The molecule has 3 rings (SSSR count). The van der Waals surface area contributed by atoms with Gasteiger partial charge in [-0.25, -0.2) is 13.4 Å². The zero-order chi connectivity index (χ0) is 27.3. The molecule has 0 saturated heterocycles. The summed E-state index contributed by atoms with van der Waals surface area (Å²) in [4.78, 5) is 6.97. The molecule has 2 aromatic heterocycles. The summed E-state index contributed by atoms with van der Waals surface area (Å²) >= 11 is 0.